The molecule has 2 aromatic rings. The molecule has 0 atom stereocenters. The zero-order valence-corrected chi connectivity index (χ0v) is 9.91. The van der Waals surface area contributed by atoms with E-state index in [9.17, 15) is 4.79 Å². The summed E-state index contributed by atoms with van der Waals surface area (Å²) in [5, 5.41) is 7.84. The van der Waals surface area contributed by atoms with Crippen LogP contribution in [0.25, 0.3) is 0 Å². The lowest BCUT2D eigenvalue weighted by Gasteiger charge is -1.96. The van der Waals surface area contributed by atoms with Gasteiger partial charge in [0.25, 0.3) is 5.91 Å². The largest absolute Gasteiger partial charge is 0.296 e. The van der Waals surface area contributed by atoms with E-state index < -0.39 is 0 Å². The SMILES string of the molecule is Cc1csc(NC(=O)c2csc(C)n2)n1. The number of carbonyl (C=O) groups is 1. The van der Waals surface area contributed by atoms with Crippen LogP contribution in [0, 0.1) is 13.8 Å². The van der Waals surface area contributed by atoms with Crippen LogP contribution in [0.5, 0.6) is 0 Å². The summed E-state index contributed by atoms with van der Waals surface area (Å²) in [5.74, 6) is -0.200. The van der Waals surface area contributed by atoms with Gasteiger partial charge < -0.3 is 0 Å². The molecule has 2 rings (SSSR count). The highest BCUT2D eigenvalue weighted by Crippen LogP contribution is 2.16. The fourth-order valence-corrected chi connectivity index (χ4v) is 2.32. The van der Waals surface area contributed by atoms with Crippen molar-refractivity contribution in [1.82, 2.24) is 9.97 Å². The smallest absolute Gasteiger partial charge is 0.276 e. The number of carbonyl (C=O) groups excluding carboxylic acids is 1. The lowest BCUT2D eigenvalue weighted by molar-refractivity contribution is 0.102. The number of nitrogens with one attached hydrogen (secondary N) is 1. The molecule has 2 aromatic heterocycles. The summed E-state index contributed by atoms with van der Waals surface area (Å²) in [6.45, 7) is 3.76. The molecule has 0 fully saturated rings. The zero-order chi connectivity index (χ0) is 10.8. The van der Waals surface area contributed by atoms with E-state index in [2.05, 4.69) is 15.3 Å². The first-order valence-electron chi connectivity index (χ1n) is 4.31. The van der Waals surface area contributed by atoms with Crippen molar-refractivity contribution in [3.05, 3.63) is 27.2 Å². The van der Waals surface area contributed by atoms with Crippen molar-refractivity contribution in [2.45, 2.75) is 13.8 Å². The van der Waals surface area contributed by atoms with Gasteiger partial charge in [0.1, 0.15) is 5.69 Å². The van der Waals surface area contributed by atoms with Gasteiger partial charge in [-0.3, -0.25) is 10.1 Å². The maximum atomic E-state index is 11.6. The van der Waals surface area contributed by atoms with Crippen molar-refractivity contribution in [1.29, 1.82) is 0 Å². The topological polar surface area (TPSA) is 54.9 Å². The molecule has 0 aliphatic rings. The summed E-state index contributed by atoms with van der Waals surface area (Å²) in [6, 6.07) is 0. The Morgan fingerprint density at radius 2 is 2.07 bits per heavy atom. The molecular formula is C9H9N3OS2. The summed E-state index contributed by atoms with van der Waals surface area (Å²) < 4.78 is 0. The van der Waals surface area contributed by atoms with E-state index in [1.54, 1.807) is 5.38 Å². The van der Waals surface area contributed by atoms with Gasteiger partial charge in [0.15, 0.2) is 5.13 Å². The second-order valence-electron chi connectivity index (χ2n) is 3.00. The lowest BCUT2D eigenvalue weighted by atomic mass is 10.4. The molecule has 78 valence electrons. The van der Waals surface area contributed by atoms with Gasteiger partial charge >= 0.3 is 0 Å². The monoisotopic (exact) mass is 239 g/mol. The van der Waals surface area contributed by atoms with E-state index in [1.807, 2.05) is 19.2 Å². The molecule has 0 saturated heterocycles. The van der Waals surface area contributed by atoms with E-state index in [-0.39, 0.29) is 5.91 Å². The Morgan fingerprint density at radius 1 is 1.27 bits per heavy atom. The van der Waals surface area contributed by atoms with Crippen molar-refractivity contribution >= 4 is 33.7 Å². The number of rotatable bonds is 2. The molecule has 0 aliphatic heterocycles. The van der Waals surface area contributed by atoms with Gasteiger partial charge in [-0.2, -0.15) is 0 Å². The van der Waals surface area contributed by atoms with Gasteiger partial charge in [0.2, 0.25) is 0 Å². The number of hydrogen-bond acceptors (Lipinski definition) is 5. The fraction of sp³-hybridized carbons (Fsp3) is 0.222. The zero-order valence-electron chi connectivity index (χ0n) is 8.27. The number of aryl methyl sites for hydroxylation is 2. The second-order valence-corrected chi connectivity index (χ2v) is 4.92. The third-order valence-electron chi connectivity index (χ3n) is 1.69. The van der Waals surface area contributed by atoms with Crippen LogP contribution in [0.1, 0.15) is 21.2 Å². The van der Waals surface area contributed by atoms with Gasteiger partial charge in [-0.1, -0.05) is 0 Å². The summed E-state index contributed by atoms with van der Waals surface area (Å²) >= 11 is 2.87. The van der Waals surface area contributed by atoms with Crippen molar-refractivity contribution in [3.8, 4) is 0 Å². The first-order chi connectivity index (χ1) is 7.15. The normalized spacial score (nSPS) is 10.3. The van der Waals surface area contributed by atoms with Crippen LogP contribution in [0.2, 0.25) is 0 Å². The van der Waals surface area contributed by atoms with Crippen LogP contribution in [0.4, 0.5) is 5.13 Å². The number of hydrogen-bond donors (Lipinski definition) is 1. The van der Waals surface area contributed by atoms with Crippen molar-refractivity contribution < 1.29 is 4.79 Å². The number of aromatic nitrogens is 2. The van der Waals surface area contributed by atoms with Crippen LogP contribution in [-0.4, -0.2) is 15.9 Å². The minimum absolute atomic E-state index is 0.200. The fourth-order valence-electron chi connectivity index (χ4n) is 1.04. The van der Waals surface area contributed by atoms with Crippen molar-refractivity contribution in [2.75, 3.05) is 5.32 Å². The molecule has 0 bridgehead atoms. The van der Waals surface area contributed by atoms with Crippen LogP contribution >= 0.6 is 22.7 Å². The third kappa shape index (κ3) is 2.40. The average molecular weight is 239 g/mol. The molecule has 0 aliphatic carbocycles. The van der Waals surface area contributed by atoms with E-state index in [0.29, 0.717) is 10.8 Å². The van der Waals surface area contributed by atoms with E-state index in [4.69, 9.17) is 0 Å². The van der Waals surface area contributed by atoms with Crippen molar-refractivity contribution in [3.63, 3.8) is 0 Å². The first-order valence-corrected chi connectivity index (χ1v) is 6.06. The standard InChI is InChI=1S/C9H9N3OS2/c1-5-3-15-9(10-5)12-8(13)7-4-14-6(2)11-7/h3-4H,1-2H3,(H,10,12,13). The Labute approximate surface area is 95.0 Å². The quantitative estimate of drug-likeness (QED) is 0.875. The summed E-state index contributed by atoms with van der Waals surface area (Å²) in [7, 11) is 0. The molecule has 0 radical (unpaired) electrons. The van der Waals surface area contributed by atoms with Gasteiger partial charge in [0, 0.05) is 10.8 Å². The summed E-state index contributed by atoms with van der Waals surface area (Å²) in [4.78, 5) is 19.9. The van der Waals surface area contributed by atoms with Gasteiger partial charge in [-0.05, 0) is 13.8 Å². The highest BCUT2D eigenvalue weighted by Gasteiger charge is 2.10. The minimum atomic E-state index is -0.200. The van der Waals surface area contributed by atoms with Crippen LogP contribution in [0.3, 0.4) is 0 Å². The Kier molecular flexibility index (Phi) is 2.79. The molecule has 0 aromatic carbocycles. The molecule has 15 heavy (non-hydrogen) atoms. The Bertz CT molecular complexity index is 489. The summed E-state index contributed by atoms with van der Waals surface area (Å²) in [5.41, 5.74) is 1.36. The highest BCUT2D eigenvalue weighted by molar-refractivity contribution is 7.14. The van der Waals surface area contributed by atoms with Crippen LogP contribution in [-0.2, 0) is 0 Å². The summed E-state index contributed by atoms with van der Waals surface area (Å²) in [6.07, 6.45) is 0. The Balaban J connectivity index is 2.10. The Hall–Kier alpha value is -1.27. The third-order valence-corrected chi connectivity index (χ3v) is 3.34. The van der Waals surface area contributed by atoms with Crippen molar-refractivity contribution in [2.24, 2.45) is 0 Å². The molecule has 1 amide bonds. The molecule has 4 nitrogen and oxygen atoms in total. The predicted molar refractivity (Wildman–Crippen MR) is 61.7 cm³/mol. The second kappa shape index (κ2) is 4.08. The number of amides is 1. The molecule has 0 saturated carbocycles. The van der Waals surface area contributed by atoms with E-state index >= 15 is 0 Å². The number of anilines is 1. The molecule has 1 N–H and O–H groups in total. The number of nitrogens with zero attached hydrogens (tertiary/aromatic N) is 2. The average Bonchev–Trinajstić information content (AvgIpc) is 2.75. The maximum Gasteiger partial charge on any atom is 0.276 e. The molecule has 0 spiro atoms. The van der Waals surface area contributed by atoms with Crippen LogP contribution in [0.15, 0.2) is 10.8 Å². The van der Waals surface area contributed by atoms with Crippen LogP contribution < -0.4 is 5.32 Å². The predicted octanol–water partition coefficient (Wildman–Crippen LogP) is 2.47. The Morgan fingerprint density at radius 3 is 2.60 bits per heavy atom. The molecule has 2 heterocycles. The maximum absolute atomic E-state index is 11.6. The van der Waals surface area contributed by atoms with E-state index in [0.717, 1.165) is 10.7 Å². The van der Waals surface area contributed by atoms with Gasteiger partial charge in [-0.15, -0.1) is 22.7 Å². The van der Waals surface area contributed by atoms with Gasteiger partial charge in [0.05, 0.1) is 10.7 Å². The first kappa shape index (κ1) is 10.3. The lowest BCUT2D eigenvalue weighted by Crippen LogP contribution is -2.12. The van der Waals surface area contributed by atoms with E-state index in [1.165, 1.54) is 22.7 Å². The highest BCUT2D eigenvalue weighted by atomic mass is 32.1. The molecular weight excluding hydrogens is 230 g/mol. The minimum Gasteiger partial charge on any atom is -0.296 e. The van der Waals surface area contributed by atoms with Gasteiger partial charge in [-0.25, -0.2) is 9.97 Å². The number of thiazole rings is 2. The molecule has 6 heteroatoms. The molecule has 0 unspecified atom stereocenters.